The molecular formula is C14H18Br2N6O2. The van der Waals surface area contributed by atoms with Crippen LogP contribution in [0.3, 0.4) is 0 Å². The van der Waals surface area contributed by atoms with E-state index in [2.05, 4.69) is 41.7 Å². The molecule has 130 valence electrons. The van der Waals surface area contributed by atoms with Crippen molar-refractivity contribution in [1.82, 2.24) is 9.55 Å². The van der Waals surface area contributed by atoms with Crippen LogP contribution in [0, 0.1) is 10.1 Å². The van der Waals surface area contributed by atoms with E-state index in [0.29, 0.717) is 34.1 Å². The van der Waals surface area contributed by atoms with Crippen molar-refractivity contribution < 1.29 is 4.92 Å². The first-order valence-corrected chi connectivity index (χ1v) is 9.25. The Hall–Kier alpha value is -1.23. The van der Waals surface area contributed by atoms with Crippen LogP contribution in [0.15, 0.2) is 15.0 Å². The van der Waals surface area contributed by atoms with E-state index in [1.54, 1.807) is 0 Å². The minimum absolute atomic E-state index is 0.0318. The summed E-state index contributed by atoms with van der Waals surface area (Å²) < 4.78 is 3.03. The van der Waals surface area contributed by atoms with Crippen molar-refractivity contribution in [3.8, 4) is 0 Å². The molecule has 1 aliphatic rings. The maximum atomic E-state index is 11.5. The molecule has 1 fully saturated rings. The van der Waals surface area contributed by atoms with Crippen LogP contribution >= 0.6 is 31.9 Å². The number of benzene rings is 1. The molecule has 8 nitrogen and oxygen atoms in total. The lowest BCUT2D eigenvalue weighted by Crippen LogP contribution is -2.28. The van der Waals surface area contributed by atoms with Gasteiger partial charge in [0.2, 0.25) is 5.95 Å². The highest BCUT2D eigenvalue weighted by molar-refractivity contribution is 9.13. The minimum Gasteiger partial charge on any atom is -0.341 e. The molecule has 1 atom stereocenters. The molecule has 0 bridgehead atoms. The summed E-state index contributed by atoms with van der Waals surface area (Å²) in [5.74, 6) is 0.722. The van der Waals surface area contributed by atoms with E-state index in [-0.39, 0.29) is 11.7 Å². The van der Waals surface area contributed by atoms with Crippen LogP contribution in [0.25, 0.3) is 11.0 Å². The van der Waals surface area contributed by atoms with Gasteiger partial charge in [-0.05, 0) is 57.3 Å². The van der Waals surface area contributed by atoms with Gasteiger partial charge in [0.1, 0.15) is 4.47 Å². The van der Waals surface area contributed by atoms with Gasteiger partial charge in [-0.25, -0.2) is 4.98 Å². The van der Waals surface area contributed by atoms with Crippen LogP contribution in [0.4, 0.5) is 11.6 Å². The molecule has 1 aromatic carbocycles. The van der Waals surface area contributed by atoms with Gasteiger partial charge >= 0.3 is 5.69 Å². The number of anilines is 1. The van der Waals surface area contributed by atoms with Crippen LogP contribution in [-0.2, 0) is 6.54 Å². The van der Waals surface area contributed by atoms with Gasteiger partial charge in [0.05, 0.1) is 10.4 Å². The Balaban J connectivity index is 2.23. The van der Waals surface area contributed by atoms with Gasteiger partial charge in [0.25, 0.3) is 0 Å². The van der Waals surface area contributed by atoms with Crippen molar-refractivity contribution in [2.75, 3.05) is 24.5 Å². The SMILES string of the molecule is NCCCn1c(N2CC[C@@H](N)C2)nc2c([N+](=O)[O-])c(Br)c(Br)cc21. The molecule has 10 heteroatoms. The highest BCUT2D eigenvalue weighted by Gasteiger charge is 2.29. The topological polar surface area (TPSA) is 116 Å². The monoisotopic (exact) mass is 460 g/mol. The van der Waals surface area contributed by atoms with E-state index >= 15 is 0 Å². The van der Waals surface area contributed by atoms with Gasteiger partial charge in [-0.2, -0.15) is 0 Å². The van der Waals surface area contributed by atoms with E-state index in [9.17, 15) is 10.1 Å². The summed E-state index contributed by atoms with van der Waals surface area (Å²) in [6, 6.07) is 1.95. The normalized spacial score (nSPS) is 17.8. The van der Waals surface area contributed by atoms with Crippen LogP contribution in [0.1, 0.15) is 12.8 Å². The molecule has 3 rings (SSSR count). The number of nitrogens with two attached hydrogens (primary N) is 2. The van der Waals surface area contributed by atoms with Gasteiger partial charge in [0.15, 0.2) is 5.52 Å². The standard InChI is InChI=1S/C14H18Br2N6O2/c15-9-6-10-12(13(11(9)16)22(23)24)19-14(21(10)4-1-3-17)20-5-2-8(18)7-20/h6,8H,1-5,7,17-18H2/t8-/m1/s1. The van der Waals surface area contributed by atoms with E-state index in [0.717, 1.165) is 30.9 Å². The molecule has 1 aromatic heterocycles. The van der Waals surface area contributed by atoms with E-state index in [4.69, 9.17) is 11.5 Å². The molecule has 0 radical (unpaired) electrons. The Kier molecular flexibility index (Phi) is 5.09. The van der Waals surface area contributed by atoms with Crippen LogP contribution < -0.4 is 16.4 Å². The third-order valence-corrected chi connectivity index (χ3v) is 6.13. The lowest BCUT2D eigenvalue weighted by Gasteiger charge is -2.19. The molecule has 0 unspecified atom stereocenters. The Morgan fingerprint density at radius 3 is 2.79 bits per heavy atom. The molecule has 2 aromatic rings. The van der Waals surface area contributed by atoms with Crippen molar-refractivity contribution in [3.63, 3.8) is 0 Å². The van der Waals surface area contributed by atoms with Crippen molar-refractivity contribution in [2.24, 2.45) is 11.5 Å². The average Bonchev–Trinajstić information content (AvgIpc) is 3.09. The number of nitro benzene ring substituents is 1. The van der Waals surface area contributed by atoms with Gasteiger partial charge < -0.3 is 20.9 Å². The van der Waals surface area contributed by atoms with Crippen LogP contribution in [0.5, 0.6) is 0 Å². The highest BCUT2D eigenvalue weighted by Crippen LogP contribution is 2.40. The molecule has 2 heterocycles. The first-order valence-electron chi connectivity index (χ1n) is 7.67. The molecule has 1 aliphatic heterocycles. The third kappa shape index (κ3) is 3.03. The second-order valence-corrected chi connectivity index (χ2v) is 7.49. The third-order valence-electron chi connectivity index (χ3n) is 4.17. The maximum Gasteiger partial charge on any atom is 0.312 e. The van der Waals surface area contributed by atoms with Crippen molar-refractivity contribution in [3.05, 3.63) is 25.1 Å². The average molecular weight is 462 g/mol. The van der Waals surface area contributed by atoms with E-state index in [1.807, 2.05) is 10.6 Å². The number of aryl methyl sites for hydroxylation is 1. The zero-order chi connectivity index (χ0) is 17.4. The molecule has 24 heavy (non-hydrogen) atoms. The number of nitro groups is 1. The summed E-state index contributed by atoms with van der Waals surface area (Å²) in [6.07, 6.45) is 1.65. The second-order valence-electron chi connectivity index (χ2n) is 5.85. The van der Waals surface area contributed by atoms with Gasteiger partial charge in [-0.15, -0.1) is 0 Å². The van der Waals surface area contributed by atoms with Crippen molar-refractivity contribution in [1.29, 1.82) is 0 Å². The Labute approximate surface area is 155 Å². The highest BCUT2D eigenvalue weighted by atomic mass is 79.9. The molecule has 0 amide bonds. The summed E-state index contributed by atoms with van der Waals surface area (Å²) in [7, 11) is 0. The number of rotatable bonds is 5. The first-order chi connectivity index (χ1) is 11.4. The van der Waals surface area contributed by atoms with Crippen molar-refractivity contribution >= 4 is 54.5 Å². The Bertz CT molecular complexity index is 793. The van der Waals surface area contributed by atoms with Crippen molar-refractivity contribution in [2.45, 2.75) is 25.4 Å². The number of hydrogen-bond donors (Lipinski definition) is 2. The number of hydrogen-bond acceptors (Lipinski definition) is 6. The largest absolute Gasteiger partial charge is 0.341 e. The lowest BCUT2D eigenvalue weighted by molar-refractivity contribution is -0.384. The van der Waals surface area contributed by atoms with Crippen LogP contribution in [-0.4, -0.2) is 40.2 Å². The summed E-state index contributed by atoms with van der Waals surface area (Å²) in [4.78, 5) is 17.8. The fraction of sp³-hybridized carbons (Fsp3) is 0.500. The molecule has 0 aliphatic carbocycles. The number of aromatic nitrogens is 2. The number of halogens is 2. The quantitative estimate of drug-likeness (QED) is 0.521. The van der Waals surface area contributed by atoms with Crippen LogP contribution in [0.2, 0.25) is 0 Å². The van der Waals surface area contributed by atoms with Gasteiger partial charge in [-0.3, -0.25) is 10.1 Å². The fourth-order valence-corrected chi connectivity index (χ4v) is 3.87. The second kappa shape index (κ2) is 6.95. The summed E-state index contributed by atoms with van der Waals surface area (Å²) in [5.41, 5.74) is 12.7. The summed E-state index contributed by atoms with van der Waals surface area (Å²) >= 11 is 6.68. The van der Waals surface area contributed by atoms with E-state index in [1.165, 1.54) is 0 Å². The Morgan fingerprint density at radius 1 is 1.46 bits per heavy atom. The summed E-state index contributed by atoms with van der Waals surface area (Å²) in [6.45, 7) is 2.68. The molecule has 1 saturated heterocycles. The number of fused-ring (bicyclic) bond motifs is 1. The smallest absolute Gasteiger partial charge is 0.312 e. The number of imidazole rings is 1. The lowest BCUT2D eigenvalue weighted by atomic mass is 10.2. The predicted molar refractivity (Wildman–Crippen MR) is 100 cm³/mol. The van der Waals surface area contributed by atoms with Gasteiger partial charge in [-0.1, -0.05) is 0 Å². The first kappa shape index (κ1) is 17.6. The predicted octanol–water partition coefficient (Wildman–Crippen LogP) is 2.36. The molecule has 0 saturated carbocycles. The van der Waals surface area contributed by atoms with E-state index < -0.39 is 4.92 Å². The maximum absolute atomic E-state index is 11.5. The van der Waals surface area contributed by atoms with Gasteiger partial charge in [0, 0.05) is 30.1 Å². The molecule has 0 spiro atoms. The zero-order valence-electron chi connectivity index (χ0n) is 12.9. The fourth-order valence-electron chi connectivity index (χ4n) is 3.02. The minimum atomic E-state index is -0.406. The number of nitrogens with zero attached hydrogens (tertiary/aromatic N) is 4. The summed E-state index contributed by atoms with van der Waals surface area (Å²) in [5, 5.41) is 11.5. The Morgan fingerprint density at radius 2 is 2.21 bits per heavy atom. The zero-order valence-corrected chi connectivity index (χ0v) is 16.1. The molecular weight excluding hydrogens is 444 g/mol. The molecule has 4 N–H and O–H groups in total.